The zero-order chi connectivity index (χ0) is 21.7. The van der Waals surface area contributed by atoms with Gasteiger partial charge < -0.3 is 24.8 Å². The third-order valence-corrected chi connectivity index (χ3v) is 4.36. The van der Waals surface area contributed by atoms with Crippen molar-refractivity contribution in [2.45, 2.75) is 0 Å². The summed E-state index contributed by atoms with van der Waals surface area (Å²) in [4.78, 5) is 37.9. The van der Waals surface area contributed by atoms with E-state index in [2.05, 4.69) is 10.6 Å². The Morgan fingerprint density at radius 3 is 2.33 bits per heavy atom. The molecule has 0 aliphatic carbocycles. The van der Waals surface area contributed by atoms with Gasteiger partial charge in [-0.3, -0.25) is 9.59 Å². The molecule has 2 aromatic rings. The Balaban J connectivity index is 1.69. The van der Waals surface area contributed by atoms with Gasteiger partial charge in [-0.1, -0.05) is 6.07 Å². The van der Waals surface area contributed by atoms with Crippen molar-refractivity contribution in [3.63, 3.8) is 0 Å². The molecule has 1 saturated heterocycles. The number of nitrogens with zero attached hydrogens (tertiary/aromatic N) is 1. The summed E-state index contributed by atoms with van der Waals surface area (Å²) in [5.41, 5.74) is 1.21. The van der Waals surface area contributed by atoms with Crippen molar-refractivity contribution in [3.8, 4) is 17.2 Å². The molecule has 9 heteroatoms. The molecule has 9 nitrogen and oxygen atoms in total. The van der Waals surface area contributed by atoms with Gasteiger partial charge in [-0.15, -0.1) is 0 Å². The molecule has 0 bridgehead atoms. The molecule has 1 aliphatic heterocycles. The first-order valence-electron chi connectivity index (χ1n) is 8.95. The summed E-state index contributed by atoms with van der Waals surface area (Å²) in [5.74, 6) is 0.570. The lowest BCUT2D eigenvalue weighted by Gasteiger charge is -2.12. The van der Waals surface area contributed by atoms with E-state index in [-0.39, 0.29) is 5.70 Å². The minimum atomic E-state index is -0.670. The van der Waals surface area contributed by atoms with Gasteiger partial charge in [0.25, 0.3) is 5.91 Å². The maximum absolute atomic E-state index is 12.6. The van der Waals surface area contributed by atoms with Crippen LogP contribution in [0.5, 0.6) is 17.2 Å². The first-order valence-corrected chi connectivity index (χ1v) is 8.95. The standard InChI is InChI=1S/C21H21N3O6/c1-28-15-7-5-14(6-8-15)22-19(25)12-24-20(26)16(23-21(24)27)10-13-4-9-17(29-2)18(11-13)30-3/h4-11H,12H2,1-3H3,(H,22,25)(H,23,27)/b16-10-. The van der Waals surface area contributed by atoms with Crippen LogP contribution in [0.3, 0.4) is 0 Å². The summed E-state index contributed by atoms with van der Waals surface area (Å²) in [5, 5.41) is 5.12. The number of hydrogen-bond donors (Lipinski definition) is 2. The maximum Gasteiger partial charge on any atom is 0.329 e. The molecule has 30 heavy (non-hydrogen) atoms. The normalized spacial score (nSPS) is 14.5. The fraction of sp³-hybridized carbons (Fsp3) is 0.190. The highest BCUT2D eigenvalue weighted by molar-refractivity contribution is 6.15. The smallest absolute Gasteiger partial charge is 0.329 e. The van der Waals surface area contributed by atoms with Crippen molar-refractivity contribution in [2.24, 2.45) is 0 Å². The van der Waals surface area contributed by atoms with Crippen LogP contribution in [0.4, 0.5) is 10.5 Å². The van der Waals surface area contributed by atoms with Crippen molar-refractivity contribution in [3.05, 3.63) is 53.7 Å². The topological polar surface area (TPSA) is 106 Å². The van der Waals surface area contributed by atoms with Gasteiger partial charge in [0.2, 0.25) is 5.91 Å². The number of rotatable bonds is 7. The molecule has 0 radical (unpaired) electrons. The van der Waals surface area contributed by atoms with Crippen LogP contribution < -0.4 is 24.8 Å². The average Bonchev–Trinajstić information content (AvgIpc) is 3.01. The number of imide groups is 1. The van der Waals surface area contributed by atoms with Gasteiger partial charge in [-0.2, -0.15) is 0 Å². The van der Waals surface area contributed by atoms with Crippen LogP contribution in [0.15, 0.2) is 48.2 Å². The number of amides is 4. The molecule has 0 saturated carbocycles. The first-order chi connectivity index (χ1) is 14.4. The summed E-state index contributed by atoms with van der Waals surface area (Å²) in [6, 6.07) is 11.1. The molecule has 0 unspecified atom stereocenters. The van der Waals surface area contributed by atoms with Crippen LogP contribution in [0.25, 0.3) is 6.08 Å². The van der Waals surface area contributed by atoms with Gasteiger partial charge in [0, 0.05) is 5.69 Å². The van der Waals surface area contributed by atoms with E-state index in [0.717, 1.165) is 4.90 Å². The zero-order valence-corrected chi connectivity index (χ0v) is 16.7. The predicted molar refractivity (Wildman–Crippen MR) is 109 cm³/mol. The number of carbonyl (C=O) groups is 3. The van der Waals surface area contributed by atoms with E-state index in [0.29, 0.717) is 28.5 Å². The van der Waals surface area contributed by atoms with Gasteiger partial charge in [0.05, 0.1) is 21.3 Å². The van der Waals surface area contributed by atoms with E-state index in [1.54, 1.807) is 42.5 Å². The van der Waals surface area contributed by atoms with Crippen LogP contribution in [0, 0.1) is 0 Å². The largest absolute Gasteiger partial charge is 0.497 e. The van der Waals surface area contributed by atoms with E-state index in [1.807, 2.05) is 0 Å². The van der Waals surface area contributed by atoms with Crippen molar-refractivity contribution < 1.29 is 28.6 Å². The minimum absolute atomic E-state index is 0.0597. The van der Waals surface area contributed by atoms with Gasteiger partial charge in [-0.05, 0) is 48.0 Å². The van der Waals surface area contributed by atoms with E-state index in [1.165, 1.54) is 27.4 Å². The predicted octanol–water partition coefficient (Wildman–Crippen LogP) is 2.24. The second-order valence-corrected chi connectivity index (χ2v) is 6.27. The van der Waals surface area contributed by atoms with Gasteiger partial charge in [-0.25, -0.2) is 9.69 Å². The quantitative estimate of drug-likeness (QED) is 0.535. The maximum atomic E-state index is 12.6. The molecular weight excluding hydrogens is 390 g/mol. The lowest BCUT2D eigenvalue weighted by molar-refractivity contribution is -0.127. The Morgan fingerprint density at radius 2 is 1.70 bits per heavy atom. The van der Waals surface area contributed by atoms with Gasteiger partial charge in [0.1, 0.15) is 18.0 Å². The molecule has 2 N–H and O–H groups in total. The van der Waals surface area contributed by atoms with Gasteiger partial charge >= 0.3 is 6.03 Å². The summed E-state index contributed by atoms with van der Waals surface area (Å²) < 4.78 is 15.5. The Bertz CT molecular complexity index is 1000. The van der Waals surface area contributed by atoms with Crippen LogP contribution in [0.1, 0.15) is 5.56 Å². The van der Waals surface area contributed by atoms with Crippen molar-refractivity contribution >= 4 is 29.6 Å². The highest BCUT2D eigenvalue weighted by Crippen LogP contribution is 2.28. The number of benzene rings is 2. The minimum Gasteiger partial charge on any atom is -0.497 e. The molecule has 0 aromatic heterocycles. The number of urea groups is 1. The van der Waals surface area contributed by atoms with Crippen LogP contribution in [-0.4, -0.2) is 50.6 Å². The van der Waals surface area contributed by atoms with Crippen molar-refractivity contribution in [2.75, 3.05) is 33.2 Å². The highest BCUT2D eigenvalue weighted by Gasteiger charge is 2.34. The van der Waals surface area contributed by atoms with Crippen molar-refractivity contribution in [1.29, 1.82) is 0 Å². The van der Waals surface area contributed by atoms with E-state index < -0.39 is 24.4 Å². The molecule has 0 atom stereocenters. The van der Waals surface area contributed by atoms with Crippen LogP contribution in [0.2, 0.25) is 0 Å². The highest BCUT2D eigenvalue weighted by atomic mass is 16.5. The monoisotopic (exact) mass is 411 g/mol. The Morgan fingerprint density at radius 1 is 1.00 bits per heavy atom. The lowest BCUT2D eigenvalue weighted by Crippen LogP contribution is -2.38. The zero-order valence-electron chi connectivity index (χ0n) is 16.7. The van der Waals surface area contributed by atoms with Gasteiger partial charge in [0.15, 0.2) is 11.5 Å². The molecule has 1 heterocycles. The molecule has 0 spiro atoms. The third-order valence-electron chi connectivity index (χ3n) is 4.36. The number of anilines is 1. The lowest BCUT2D eigenvalue weighted by atomic mass is 10.1. The first kappa shape index (κ1) is 20.7. The summed E-state index contributed by atoms with van der Waals surface area (Å²) in [7, 11) is 4.56. The average molecular weight is 411 g/mol. The van der Waals surface area contributed by atoms with Crippen LogP contribution in [-0.2, 0) is 9.59 Å². The Hall–Kier alpha value is -4.01. The number of hydrogen-bond acceptors (Lipinski definition) is 6. The molecule has 156 valence electrons. The summed E-state index contributed by atoms with van der Waals surface area (Å²) >= 11 is 0. The van der Waals surface area contributed by atoms with Crippen LogP contribution >= 0.6 is 0 Å². The molecule has 2 aromatic carbocycles. The molecule has 1 aliphatic rings. The number of methoxy groups -OCH3 is 3. The SMILES string of the molecule is COc1ccc(NC(=O)CN2C(=O)N/C(=C\c3ccc(OC)c(OC)c3)C2=O)cc1. The number of carbonyl (C=O) groups excluding carboxylic acids is 3. The molecule has 1 fully saturated rings. The van der Waals surface area contributed by atoms with Crippen molar-refractivity contribution in [1.82, 2.24) is 10.2 Å². The molecule has 4 amide bonds. The van der Waals surface area contributed by atoms with E-state index >= 15 is 0 Å². The Kier molecular flexibility index (Phi) is 6.21. The summed E-state index contributed by atoms with van der Waals surface area (Å²) in [6.07, 6.45) is 1.50. The van der Waals surface area contributed by atoms with E-state index in [4.69, 9.17) is 14.2 Å². The Labute approximate surface area is 173 Å². The second kappa shape index (κ2) is 8.99. The summed E-state index contributed by atoms with van der Waals surface area (Å²) in [6.45, 7) is -0.417. The fourth-order valence-corrected chi connectivity index (χ4v) is 2.84. The third kappa shape index (κ3) is 4.52. The molecule has 3 rings (SSSR count). The number of ether oxygens (including phenoxy) is 3. The second-order valence-electron chi connectivity index (χ2n) is 6.27. The van der Waals surface area contributed by atoms with E-state index in [9.17, 15) is 14.4 Å². The number of nitrogens with one attached hydrogen (secondary N) is 2. The molecular formula is C21H21N3O6. The fourth-order valence-electron chi connectivity index (χ4n) is 2.84.